The molecule has 7 nitrogen and oxygen atoms in total. The number of aryl methyl sites for hydroxylation is 1. The summed E-state index contributed by atoms with van der Waals surface area (Å²) in [5, 5.41) is 0.623. The van der Waals surface area contributed by atoms with Crippen LogP contribution < -0.4 is 10.5 Å². The van der Waals surface area contributed by atoms with E-state index in [2.05, 4.69) is 19.9 Å². The molecule has 0 amide bonds. The number of benzene rings is 1. The van der Waals surface area contributed by atoms with Gasteiger partial charge in [-0.15, -0.1) is 0 Å². The number of para-hydroxylation sites is 1. The third kappa shape index (κ3) is 3.08. The van der Waals surface area contributed by atoms with Crippen LogP contribution in [0.2, 0.25) is 0 Å². The molecule has 116 valence electrons. The Bertz CT molecular complexity index is 852. The second-order valence-corrected chi connectivity index (χ2v) is 4.88. The van der Waals surface area contributed by atoms with E-state index < -0.39 is 0 Å². The molecule has 2 heterocycles. The minimum absolute atomic E-state index is 0.0429. The normalized spacial score (nSPS) is 10.7. The molecule has 2 aromatic heterocycles. The number of ether oxygens (including phenoxy) is 1. The number of anilines is 1. The third-order valence-electron chi connectivity index (χ3n) is 3.39. The van der Waals surface area contributed by atoms with Crippen molar-refractivity contribution in [2.24, 2.45) is 0 Å². The van der Waals surface area contributed by atoms with E-state index in [4.69, 9.17) is 10.5 Å². The van der Waals surface area contributed by atoms with Crippen molar-refractivity contribution < 1.29 is 9.53 Å². The van der Waals surface area contributed by atoms with Crippen LogP contribution in [0.5, 0.6) is 5.75 Å². The number of Topliss-reactive ketones (excluding diaryl/α,β-unsaturated/α-hetero) is 1. The van der Waals surface area contributed by atoms with Crippen LogP contribution in [-0.4, -0.2) is 32.8 Å². The van der Waals surface area contributed by atoms with Crippen LogP contribution in [0.3, 0.4) is 0 Å². The molecule has 0 saturated carbocycles. The molecular formula is C16H15N5O2. The molecule has 0 aliphatic carbocycles. The number of methoxy groups -OCH3 is 1. The Kier molecular flexibility index (Phi) is 4.09. The van der Waals surface area contributed by atoms with E-state index in [1.54, 1.807) is 43.8 Å². The molecule has 0 atom stereocenters. The number of carbonyl (C=O) groups is 1. The van der Waals surface area contributed by atoms with Crippen LogP contribution in [0.15, 0.2) is 36.7 Å². The molecule has 0 saturated heterocycles. The van der Waals surface area contributed by atoms with Gasteiger partial charge in [0, 0.05) is 30.6 Å². The first-order valence-corrected chi connectivity index (χ1v) is 7.08. The Morgan fingerprint density at radius 2 is 1.96 bits per heavy atom. The van der Waals surface area contributed by atoms with Gasteiger partial charge >= 0.3 is 0 Å². The van der Waals surface area contributed by atoms with E-state index in [1.807, 2.05) is 0 Å². The Morgan fingerprint density at radius 3 is 2.70 bits per heavy atom. The minimum atomic E-state index is -0.134. The molecule has 3 rings (SSSR count). The zero-order valence-electron chi connectivity index (χ0n) is 12.6. The minimum Gasteiger partial charge on any atom is -0.494 e. The monoisotopic (exact) mass is 309 g/mol. The second kappa shape index (κ2) is 6.35. The number of ketones is 1. The quantitative estimate of drug-likeness (QED) is 0.717. The number of fused-ring (bicyclic) bond motifs is 1. The topological polar surface area (TPSA) is 104 Å². The summed E-state index contributed by atoms with van der Waals surface area (Å²) >= 11 is 0. The Balaban J connectivity index is 1.94. The molecule has 0 aliphatic heterocycles. The highest BCUT2D eigenvalue weighted by Gasteiger charge is 2.16. The molecule has 0 unspecified atom stereocenters. The molecule has 0 fully saturated rings. The van der Waals surface area contributed by atoms with Crippen molar-refractivity contribution >= 4 is 22.6 Å². The first-order valence-electron chi connectivity index (χ1n) is 7.08. The van der Waals surface area contributed by atoms with Gasteiger partial charge in [-0.3, -0.25) is 4.79 Å². The number of carbonyl (C=O) groups excluding carboxylic acids is 1. The number of aromatic nitrogens is 4. The van der Waals surface area contributed by atoms with Gasteiger partial charge in [-0.2, -0.15) is 0 Å². The van der Waals surface area contributed by atoms with Crippen LogP contribution in [0.25, 0.3) is 10.9 Å². The lowest BCUT2D eigenvalue weighted by molar-refractivity contribution is 0.0979. The fourth-order valence-electron chi connectivity index (χ4n) is 2.32. The number of rotatable bonds is 5. The standard InChI is InChI=1S/C16H15N5O2/c1-23-12-5-2-4-10-14(20-16(17)21-15(10)12)11(22)6-7-13-18-8-3-9-19-13/h2-5,8-9H,6-7H2,1H3,(H2,17,20,21). The highest BCUT2D eigenvalue weighted by molar-refractivity contribution is 6.07. The number of nitrogen functional groups attached to an aromatic ring is 1. The lowest BCUT2D eigenvalue weighted by Crippen LogP contribution is -2.09. The lowest BCUT2D eigenvalue weighted by atomic mass is 10.1. The number of hydrogen-bond donors (Lipinski definition) is 1. The van der Waals surface area contributed by atoms with Gasteiger partial charge in [0.05, 0.1) is 7.11 Å². The maximum atomic E-state index is 12.5. The summed E-state index contributed by atoms with van der Waals surface area (Å²) in [6.45, 7) is 0. The molecular weight excluding hydrogens is 294 g/mol. The van der Waals surface area contributed by atoms with E-state index in [-0.39, 0.29) is 18.2 Å². The maximum Gasteiger partial charge on any atom is 0.221 e. The van der Waals surface area contributed by atoms with Crippen LogP contribution >= 0.6 is 0 Å². The molecule has 2 N–H and O–H groups in total. The fourth-order valence-corrected chi connectivity index (χ4v) is 2.32. The Morgan fingerprint density at radius 1 is 1.17 bits per heavy atom. The van der Waals surface area contributed by atoms with Crippen molar-refractivity contribution in [1.82, 2.24) is 19.9 Å². The van der Waals surface area contributed by atoms with Crippen molar-refractivity contribution in [3.05, 3.63) is 48.2 Å². The lowest BCUT2D eigenvalue weighted by Gasteiger charge is -2.08. The molecule has 0 aliphatic rings. The SMILES string of the molecule is COc1cccc2c(C(=O)CCc3ncccn3)nc(N)nc12. The first kappa shape index (κ1) is 14.8. The van der Waals surface area contributed by atoms with E-state index >= 15 is 0 Å². The largest absolute Gasteiger partial charge is 0.494 e. The van der Waals surface area contributed by atoms with Gasteiger partial charge in [0.15, 0.2) is 5.78 Å². The van der Waals surface area contributed by atoms with Crippen LogP contribution in [-0.2, 0) is 6.42 Å². The summed E-state index contributed by atoms with van der Waals surface area (Å²) in [7, 11) is 1.54. The number of nitrogens with two attached hydrogens (primary N) is 1. The van der Waals surface area contributed by atoms with Gasteiger partial charge in [0.1, 0.15) is 22.8 Å². The smallest absolute Gasteiger partial charge is 0.221 e. The molecule has 1 aromatic carbocycles. The van der Waals surface area contributed by atoms with E-state index in [9.17, 15) is 4.79 Å². The summed E-state index contributed by atoms with van der Waals surface area (Å²) in [5.74, 6) is 1.08. The van der Waals surface area contributed by atoms with Gasteiger partial charge in [0.2, 0.25) is 5.95 Å². The molecule has 7 heteroatoms. The van der Waals surface area contributed by atoms with Crippen LogP contribution in [0, 0.1) is 0 Å². The summed E-state index contributed by atoms with van der Waals surface area (Å²) in [6, 6.07) is 7.07. The molecule has 3 aromatic rings. The predicted molar refractivity (Wildman–Crippen MR) is 85.2 cm³/mol. The third-order valence-corrected chi connectivity index (χ3v) is 3.39. The van der Waals surface area contributed by atoms with E-state index in [1.165, 1.54) is 0 Å². The summed E-state index contributed by atoms with van der Waals surface area (Å²) in [4.78, 5) is 29.0. The average molecular weight is 309 g/mol. The van der Waals surface area contributed by atoms with Gasteiger partial charge < -0.3 is 10.5 Å². The summed E-state index contributed by atoms with van der Waals surface area (Å²) < 4.78 is 5.27. The van der Waals surface area contributed by atoms with Crippen molar-refractivity contribution in [2.75, 3.05) is 12.8 Å². The first-order chi connectivity index (χ1) is 11.2. The van der Waals surface area contributed by atoms with Gasteiger partial charge in [-0.25, -0.2) is 19.9 Å². The van der Waals surface area contributed by atoms with Crippen molar-refractivity contribution in [1.29, 1.82) is 0 Å². The van der Waals surface area contributed by atoms with Gasteiger partial charge in [-0.05, 0) is 12.1 Å². The zero-order chi connectivity index (χ0) is 16.2. The second-order valence-electron chi connectivity index (χ2n) is 4.88. The molecule has 23 heavy (non-hydrogen) atoms. The Labute approximate surface area is 132 Å². The fraction of sp³-hybridized carbons (Fsp3) is 0.188. The van der Waals surface area contributed by atoms with Gasteiger partial charge in [-0.1, -0.05) is 12.1 Å². The average Bonchev–Trinajstić information content (AvgIpc) is 2.59. The zero-order valence-corrected chi connectivity index (χ0v) is 12.6. The summed E-state index contributed by atoms with van der Waals surface area (Å²) in [5.41, 5.74) is 6.56. The van der Waals surface area contributed by atoms with Crippen molar-refractivity contribution in [3.8, 4) is 5.75 Å². The van der Waals surface area contributed by atoms with E-state index in [0.29, 0.717) is 34.6 Å². The number of hydrogen-bond acceptors (Lipinski definition) is 7. The number of nitrogens with zero attached hydrogens (tertiary/aromatic N) is 4. The highest BCUT2D eigenvalue weighted by atomic mass is 16.5. The van der Waals surface area contributed by atoms with Crippen LogP contribution in [0.4, 0.5) is 5.95 Å². The molecule has 0 spiro atoms. The Hall–Kier alpha value is -3.09. The van der Waals surface area contributed by atoms with Gasteiger partial charge in [0.25, 0.3) is 0 Å². The van der Waals surface area contributed by atoms with Crippen molar-refractivity contribution in [2.45, 2.75) is 12.8 Å². The highest BCUT2D eigenvalue weighted by Crippen LogP contribution is 2.26. The predicted octanol–water partition coefficient (Wildman–Crippen LogP) is 1.83. The van der Waals surface area contributed by atoms with Crippen molar-refractivity contribution in [3.63, 3.8) is 0 Å². The van der Waals surface area contributed by atoms with Crippen LogP contribution in [0.1, 0.15) is 22.7 Å². The molecule has 0 radical (unpaired) electrons. The molecule has 0 bridgehead atoms. The maximum absolute atomic E-state index is 12.5. The van der Waals surface area contributed by atoms with E-state index in [0.717, 1.165) is 0 Å². The summed E-state index contributed by atoms with van der Waals surface area (Å²) in [6.07, 6.45) is 3.98.